The van der Waals surface area contributed by atoms with Crippen LogP contribution in [0.15, 0.2) is 211 Å². The summed E-state index contributed by atoms with van der Waals surface area (Å²) in [7, 11) is 0. The van der Waals surface area contributed by atoms with Crippen molar-refractivity contribution >= 4 is 49.8 Å². The Balaban J connectivity index is 1.01. The van der Waals surface area contributed by atoms with Gasteiger partial charge in [0.1, 0.15) is 11.2 Å². The maximum Gasteiger partial charge on any atom is 0.164 e. The largest absolute Gasteiger partial charge is 0.455 e. The monoisotopic (exact) mass is 808 g/mol. The number of rotatable bonds is 7. The van der Waals surface area contributed by atoms with Crippen LogP contribution in [0.3, 0.4) is 0 Å². The van der Waals surface area contributed by atoms with Crippen molar-refractivity contribution in [1.29, 1.82) is 0 Å². The van der Waals surface area contributed by atoms with Gasteiger partial charge in [-0.2, -0.15) is 0 Å². The molecule has 63 heavy (non-hydrogen) atoms. The molecule has 2 aromatic heterocycles. The summed E-state index contributed by atoms with van der Waals surface area (Å²) in [6.45, 7) is 4.67. The molecule has 11 aromatic rings. The average molecular weight is 809 g/mol. The van der Waals surface area contributed by atoms with E-state index in [1.807, 2.05) is 72.8 Å². The van der Waals surface area contributed by atoms with E-state index < -0.39 is 0 Å². The Morgan fingerprint density at radius 1 is 0.397 bits per heavy atom. The van der Waals surface area contributed by atoms with Gasteiger partial charge in [-0.25, -0.2) is 15.0 Å². The van der Waals surface area contributed by atoms with Crippen LogP contribution in [0.1, 0.15) is 25.0 Å². The highest BCUT2D eigenvalue weighted by Crippen LogP contribution is 2.51. The van der Waals surface area contributed by atoms with Crippen LogP contribution in [0.5, 0.6) is 0 Å². The molecule has 0 atom stereocenters. The van der Waals surface area contributed by atoms with Crippen molar-refractivity contribution < 1.29 is 4.42 Å². The molecule has 0 unspecified atom stereocenters. The van der Waals surface area contributed by atoms with Crippen LogP contribution in [0.25, 0.3) is 89.1 Å². The maximum absolute atomic E-state index is 6.96. The van der Waals surface area contributed by atoms with Gasteiger partial charge in [0.25, 0.3) is 0 Å². The third-order valence-corrected chi connectivity index (χ3v) is 12.7. The molecule has 0 spiro atoms. The lowest BCUT2D eigenvalue weighted by Gasteiger charge is -2.28. The van der Waals surface area contributed by atoms with Crippen LogP contribution in [-0.2, 0) is 5.41 Å². The number of benzene rings is 9. The van der Waals surface area contributed by atoms with Gasteiger partial charge in [-0.1, -0.05) is 172 Å². The zero-order valence-corrected chi connectivity index (χ0v) is 34.8. The molecule has 298 valence electrons. The number of hydrogen-bond acceptors (Lipinski definition) is 5. The smallest absolute Gasteiger partial charge is 0.164 e. The van der Waals surface area contributed by atoms with Crippen LogP contribution >= 0.6 is 0 Å². The third kappa shape index (κ3) is 6.04. The van der Waals surface area contributed by atoms with E-state index in [1.54, 1.807) is 0 Å². The molecule has 12 rings (SSSR count). The zero-order valence-electron chi connectivity index (χ0n) is 34.8. The summed E-state index contributed by atoms with van der Waals surface area (Å²) in [4.78, 5) is 17.6. The fourth-order valence-electron chi connectivity index (χ4n) is 9.64. The fourth-order valence-corrected chi connectivity index (χ4v) is 9.64. The third-order valence-electron chi connectivity index (χ3n) is 12.7. The Morgan fingerprint density at radius 2 is 0.968 bits per heavy atom. The van der Waals surface area contributed by atoms with Gasteiger partial charge in [-0.3, -0.25) is 0 Å². The number of aromatic nitrogens is 3. The van der Waals surface area contributed by atoms with Gasteiger partial charge in [0, 0.05) is 55.5 Å². The number of furan rings is 1. The van der Waals surface area contributed by atoms with E-state index in [0.717, 1.165) is 77.6 Å². The van der Waals surface area contributed by atoms with E-state index in [1.165, 1.54) is 22.3 Å². The first-order valence-electron chi connectivity index (χ1n) is 21.4. The van der Waals surface area contributed by atoms with Crippen LogP contribution in [-0.4, -0.2) is 15.0 Å². The van der Waals surface area contributed by atoms with Crippen molar-refractivity contribution in [3.8, 4) is 56.4 Å². The van der Waals surface area contributed by atoms with Crippen molar-refractivity contribution in [2.75, 3.05) is 4.90 Å². The normalized spacial score (nSPS) is 12.7. The average Bonchev–Trinajstić information content (AvgIpc) is 3.85. The van der Waals surface area contributed by atoms with Crippen LogP contribution in [0.4, 0.5) is 17.1 Å². The molecule has 5 nitrogen and oxygen atoms in total. The van der Waals surface area contributed by atoms with Crippen LogP contribution < -0.4 is 4.90 Å². The van der Waals surface area contributed by atoms with Crippen molar-refractivity contribution in [3.63, 3.8) is 0 Å². The molecule has 0 saturated heterocycles. The highest BCUT2D eigenvalue weighted by atomic mass is 16.3. The second-order valence-electron chi connectivity index (χ2n) is 16.8. The molecule has 9 aromatic carbocycles. The first kappa shape index (κ1) is 36.7. The fraction of sp³-hybridized carbons (Fsp3) is 0.0517. The summed E-state index contributed by atoms with van der Waals surface area (Å²) < 4.78 is 6.96. The molecule has 0 bridgehead atoms. The van der Waals surface area contributed by atoms with E-state index in [0.29, 0.717) is 17.5 Å². The Hall–Kier alpha value is -8.15. The predicted molar refractivity (Wildman–Crippen MR) is 259 cm³/mol. The highest BCUT2D eigenvalue weighted by molar-refractivity contribution is 6.25. The van der Waals surface area contributed by atoms with Gasteiger partial charge in [0.05, 0.1) is 0 Å². The minimum Gasteiger partial charge on any atom is -0.455 e. The summed E-state index contributed by atoms with van der Waals surface area (Å²) in [5.41, 5.74) is 14.9. The number of hydrogen-bond donors (Lipinski definition) is 0. The summed E-state index contributed by atoms with van der Waals surface area (Å²) in [5.74, 6) is 1.83. The quantitative estimate of drug-likeness (QED) is 0.160. The first-order chi connectivity index (χ1) is 31.0. The lowest BCUT2D eigenvalue weighted by Crippen LogP contribution is -2.16. The summed E-state index contributed by atoms with van der Waals surface area (Å²) in [6.07, 6.45) is 0. The molecule has 0 radical (unpaired) electrons. The zero-order chi connectivity index (χ0) is 42.1. The van der Waals surface area contributed by atoms with Crippen molar-refractivity contribution in [3.05, 3.63) is 217 Å². The molecule has 0 saturated carbocycles. The molecule has 0 amide bonds. The SMILES string of the molecule is CC1(C)c2ccccc2-c2ccc(N(c3ccccc3)c3ccc(-c4cc5ccccc5c5c4oc4cccc(-c6nc(-c7ccccc7)nc(-c7ccccc7)n6)c45)cc3)cc21. The second-order valence-corrected chi connectivity index (χ2v) is 16.8. The van der Waals surface area contributed by atoms with Crippen molar-refractivity contribution in [2.24, 2.45) is 0 Å². The maximum atomic E-state index is 6.96. The van der Waals surface area contributed by atoms with Gasteiger partial charge < -0.3 is 9.32 Å². The Kier molecular flexibility index (Phi) is 8.44. The number of fused-ring (bicyclic) bond motifs is 8. The van der Waals surface area contributed by atoms with E-state index >= 15 is 0 Å². The summed E-state index contributed by atoms with van der Waals surface area (Å²) >= 11 is 0. The number of para-hydroxylation sites is 1. The molecule has 0 N–H and O–H groups in total. The topological polar surface area (TPSA) is 55.1 Å². The van der Waals surface area contributed by atoms with Gasteiger partial charge in [0.15, 0.2) is 17.5 Å². The molecule has 5 heteroatoms. The van der Waals surface area contributed by atoms with E-state index in [2.05, 4.69) is 152 Å². The minimum absolute atomic E-state index is 0.111. The standard InChI is InChI=1S/C58H40N4O/c1-58(2)49-27-15-14-25-45(49)46-34-33-43(36-50(46)58)62(41-22-10-5-11-23-41)42-31-29-37(30-32-42)48-35-40-21-12-13-24-44(40)53-52-47(26-16-28-51(52)63-54(48)53)57-60-55(38-17-6-3-7-18-38)59-56(61-57)39-19-8-4-9-20-39/h3-36H,1-2H3. The van der Waals surface area contributed by atoms with E-state index in [9.17, 15) is 0 Å². The molecule has 0 fully saturated rings. The highest BCUT2D eigenvalue weighted by Gasteiger charge is 2.35. The molecular weight excluding hydrogens is 769 g/mol. The first-order valence-corrected chi connectivity index (χ1v) is 21.4. The summed E-state index contributed by atoms with van der Waals surface area (Å²) in [5, 5.41) is 4.24. The van der Waals surface area contributed by atoms with Crippen LogP contribution in [0, 0.1) is 0 Å². The molecular formula is C58H40N4O. The molecule has 0 aliphatic heterocycles. The van der Waals surface area contributed by atoms with Crippen molar-refractivity contribution in [1.82, 2.24) is 15.0 Å². The molecule has 2 heterocycles. The van der Waals surface area contributed by atoms with Crippen molar-refractivity contribution in [2.45, 2.75) is 19.3 Å². The Labute approximate surface area is 365 Å². The summed E-state index contributed by atoms with van der Waals surface area (Å²) in [6, 6.07) is 72.5. The Bertz CT molecular complexity index is 3470. The van der Waals surface area contributed by atoms with E-state index in [-0.39, 0.29) is 5.41 Å². The molecule has 1 aliphatic rings. The predicted octanol–water partition coefficient (Wildman–Crippen LogP) is 15.4. The Morgan fingerprint density at radius 3 is 1.70 bits per heavy atom. The number of anilines is 3. The lowest BCUT2D eigenvalue weighted by molar-refractivity contribution is 0.660. The molecule has 1 aliphatic carbocycles. The van der Waals surface area contributed by atoms with Gasteiger partial charge in [0.2, 0.25) is 0 Å². The number of nitrogens with zero attached hydrogens (tertiary/aromatic N) is 4. The van der Waals surface area contributed by atoms with E-state index in [4.69, 9.17) is 19.4 Å². The van der Waals surface area contributed by atoms with Gasteiger partial charge in [-0.05, 0) is 87.1 Å². The van der Waals surface area contributed by atoms with Gasteiger partial charge in [-0.15, -0.1) is 0 Å². The minimum atomic E-state index is -0.111. The van der Waals surface area contributed by atoms with Crippen LogP contribution in [0.2, 0.25) is 0 Å². The van der Waals surface area contributed by atoms with Gasteiger partial charge >= 0.3 is 0 Å². The second kappa shape index (κ2) is 14.5. The lowest BCUT2D eigenvalue weighted by atomic mass is 9.82.